The molecule has 0 saturated carbocycles. The van der Waals surface area contributed by atoms with E-state index in [1.807, 2.05) is 0 Å². The summed E-state index contributed by atoms with van der Waals surface area (Å²) in [6.45, 7) is 1.59. The number of carbonyl (C=O) groups excluding carboxylic acids is 1. The van der Waals surface area contributed by atoms with E-state index in [-0.39, 0.29) is 11.3 Å². The molecule has 6 nitrogen and oxygen atoms in total. The van der Waals surface area contributed by atoms with Gasteiger partial charge in [0.1, 0.15) is 5.56 Å². The Morgan fingerprint density at radius 3 is 2.80 bits per heavy atom. The lowest BCUT2D eigenvalue weighted by molar-refractivity contribution is -0.385. The van der Waals surface area contributed by atoms with Crippen molar-refractivity contribution in [2.45, 2.75) is 6.92 Å². The van der Waals surface area contributed by atoms with Gasteiger partial charge in [0.25, 0.3) is 11.6 Å². The summed E-state index contributed by atoms with van der Waals surface area (Å²) < 4.78 is 0.601. The number of anilines is 1. The number of hydrogen-bond donors (Lipinski definition) is 1. The van der Waals surface area contributed by atoms with Crippen LogP contribution in [0.2, 0.25) is 0 Å². The second-order valence-electron chi connectivity index (χ2n) is 4.04. The zero-order chi connectivity index (χ0) is 14.7. The molecule has 0 fully saturated rings. The Hall–Kier alpha value is -2.28. The van der Waals surface area contributed by atoms with Gasteiger partial charge < -0.3 is 5.32 Å². The fourth-order valence-corrected chi connectivity index (χ4v) is 2.10. The zero-order valence-corrected chi connectivity index (χ0v) is 12.0. The van der Waals surface area contributed by atoms with Crippen LogP contribution in [0, 0.1) is 17.0 Å². The molecule has 7 heteroatoms. The number of nitrogens with zero attached hydrogens (tertiary/aromatic N) is 2. The van der Waals surface area contributed by atoms with Gasteiger partial charge in [0, 0.05) is 18.0 Å². The van der Waals surface area contributed by atoms with Crippen LogP contribution in [0.25, 0.3) is 0 Å². The summed E-state index contributed by atoms with van der Waals surface area (Å²) in [5.41, 5.74) is 0.783. The summed E-state index contributed by atoms with van der Waals surface area (Å²) in [6, 6.07) is 6.23. The Morgan fingerprint density at radius 2 is 2.15 bits per heavy atom. The molecule has 0 radical (unpaired) electrons. The molecule has 1 N–H and O–H groups in total. The molecule has 0 aliphatic heterocycles. The maximum Gasteiger partial charge on any atom is 0.285 e. The molecular weight excluding hydrogens is 326 g/mol. The molecule has 0 unspecified atom stereocenters. The topological polar surface area (TPSA) is 85.1 Å². The van der Waals surface area contributed by atoms with Gasteiger partial charge in [-0.3, -0.25) is 19.9 Å². The molecule has 1 amide bonds. The summed E-state index contributed by atoms with van der Waals surface area (Å²) >= 11 is 3.25. The van der Waals surface area contributed by atoms with E-state index < -0.39 is 10.8 Å². The quantitative estimate of drug-likeness (QED) is 0.688. The molecule has 0 bridgehead atoms. The van der Waals surface area contributed by atoms with Gasteiger partial charge in [0.15, 0.2) is 0 Å². The first-order chi connectivity index (χ1) is 9.50. The zero-order valence-electron chi connectivity index (χ0n) is 10.5. The first-order valence-corrected chi connectivity index (χ1v) is 6.45. The summed E-state index contributed by atoms with van der Waals surface area (Å²) in [5, 5.41) is 13.7. The average Bonchev–Trinajstić information content (AvgIpc) is 2.40. The first kappa shape index (κ1) is 14.1. The second-order valence-corrected chi connectivity index (χ2v) is 4.89. The Balaban J connectivity index is 2.38. The third-order valence-electron chi connectivity index (χ3n) is 2.69. The van der Waals surface area contributed by atoms with Crippen molar-refractivity contribution in [1.82, 2.24) is 4.98 Å². The van der Waals surface area contributed by atoms with Gasteiger partial charge in [-0.2, -0.15) is 0 Å². The van der Waals surface area contributed by atoms with Gasteiger partial charge in [-0.15, -0.1) is 0 Å². The minimum atomic E-state index is -0.550. The lowest BCUT2D eigenvalue weighted by Crippen LogP contribution is -2.15. The fraction of sp³-hybridized carbons (Fsp3) is 0.0769. The van der Waals surface area contributed by atoms with Crippen molar-refractivity contribution in [2.75, 3.05) is 5.32 Å². The van der Waals surface area contributed by atoms with Crippen LogP contribution in [-0.2, 0) is 0 Å². The minimum Gasteiger partial charge on any atom is -0.321 e. The third-order valence-corrected chi connectivity index (χ3v) is 3.32. The molecule has 1 heterocycles. The molecule has 20 heavy (non-hydrogen) atoms. The van der Waals surface area contributed by atoms with Crippen LogP contribution in [0.1, 0.15) is 15.9 Å². The van der Waals surface area contributed by atoms with Crippen molar-refractivity contribution in [3.8, 4) is 0 Å². The summed E-state index contributed by atoms with van der Waals surface area (Å²) in [4.78, 5) is 26.6. The number of rotatable bonds is 3. The lowest BCUT2D eigenvalue weighted by atomic mass is 10.1. The number of halogens is 1. The summed E-state index contributed by atoms with van der Waals surface area (Å²) in [5.74, 6) is -0.535. The van der Waals surface area contributed by atoms with E-state index in [0.717, 1.165) is 0 Å². The van der Waals surface area contributed by atoms with Crippen LogP contribution in [0.15, 0.2) is 41.1 Å². The molecule has 0 aliphatic carbocycles. The predicted molar refractivity (Wildman–Crippen MR) is 77.7 cm³/mol. The Kier molecular flexibility index (Phi) is 4.09. The van der Waals surface area contributed by atoms with Crippen LogP contribution in [0.3, 0.4) is 0 Å². The number of para-hydroxylation sites is 1. The van der Waals surface area contributed by atoms with Crippen molar-refractivity contribution in [3.05, 3.63) is 62.4 Å². The molecule has 0 saturated heterocycles. The van der Waals surface area contributed by atoms with Crippen molar-refractivity contribution in [3.63, 3.8) is 0 Å². The summed E-state index contributed by atoms with van der Waals surface area (Å²) in [7, 11) is 0. The number of nitro groups is 1. The Bertz CT molecular complexity index is 688. The maximum atomic E-state index is 12.2. The number of carbonyl (C=O) groups is 1. The van der Waals surface area contributed by atoms with Crippen LogP contribution in [-0.4, -0.2) is 15.8 Å². The van der Waals surface area contributed by atoms with Crippen molar-refractivity contribution >= 4 is 33.2 Å². The number of aryl methyl sites for hydroxylation is 1. The Morgan fingerprint density at radius 1 is 1.40 bits per heavy atom. The van der Waals surface area contributed by atoms with E-state index >= 15 is 0 Å². The lowest BCUT2D eigenvalue weighted by Gasteiger charge is -2.08. The highest BCUT2D eigenvalue weighted by Gasteiger charge is 2.22. The molecule has 1 aromatic heterocycles. The average molecular weight is 336 g/mol. The smallest absolute Gasteiger partial charge is 0.285 e. The van der Waals surface area contributed by atoms with Crippen LogP contribution >= 0.6 is 15.9 Å². The molecule has 0 atom stereocenters. The molecule has 2 aromatic rings. The third kappa shape index (κ3) is 2.83. The van der Waals surface area contributed by atoms with Crippen molar-refractivity contribution in [2.24, 2.45) is 0 Å². The van der Waals surface area contributed by atoms with Gasteiger partial charge in [-0.1, -0.05) is 12.1 Å². The normalized spacial score (nSPS) is 10.1. The van der Waals surface area contributed by atoms with E-state index in [1.165, 1.54) is 18.5 Å². The van der Waals surface area contributed by atoms with Crippen LogP contribution in [0.4, 0.5) is 11.4 Å². The number of amides is 1. The van der Waals surface area contributed by atoms with Crippen LogP contribution < -0.4 is 5.32 Å². The molecule has 102 valence electrons. The predicted octanol–water partition coefficient (Wildman–Crippen LogP) is 3.31. The monoisotopic (exact) mass is 335 g/mol. The molecular formula is C13H10BrN3O3. The number of aromatic nitrogens is 1. The van der Waals surface area contributed by atoms with E-state index in [0.29, 0.717) is 15.7 Å². The van der Waals surface area contributed by atoms with E-state index in [2.05, 4.69) is 26.2 Å². The maximum absolute atomic E-state index is 12.2. The number of pyridine rings is 1. The molecule has 0 spiro atoms. The number of benzene rings is 1. The fourth-order valence-electron chi connectivity index (χ4n) is 1.75. The number of hydrogen-bond acceptors (Lipinski definition) is 4. The SMILES string of the molecule is Cc1cccc(C(=O)Nc2ccncc2Br)c1[N+](=O)[O-]. The van der Waals surface area contributed by atoms with Crippen molar-refractivity contribution in [1.29, 1.82) is 0 Å². The second kappa shape index (κ2) is 5.79. The highest BCUT2D eigenvalue weighted by molar-refractivity contribution is 9.10. The molecule has 2 rings (SSSR count). The van der Waals surface area contributed by atoms with Gasteiger partial charge in [-0.25, -0.2) is 0 Å². The highest BCUT2D eigenvalue weighted by atomic mass is 79.9. The molecule has 0 aliphatic rings. The van der Waals surface area contributed by atoms with Gasteiger partial charge >= 0.3 is 0 Å². The van der Waals surface area contributed by atoms with Gasteiger partial charge in [0.2, 0.25) is 0 Å². The van der Waals surface area contributed by atoms with Gasteiger partial charge in [-0.05, 0) is 35.0 Å². The molecule has 1 aromatic carbocycles. The van der Waals surface area contributed by atoms with Crippen molar-refractivity contribution < 1.29 is 9.72 Å². The standard InChI is InChI=1S/C13H10BrN3O3/c1-8-3-2-4-9(12(8)17(19)20)13(18)16-11-5-6-15-7-10(11)14/h2-7H,1H3,(H,15,16,18). The van der Waals surface area contributed by atoms with E-state index in [9.17, 15) is 14.9 Å². The largest absolute Gasteiger partial charge is 0.321 e. The highest BCUT2D eigenvalue weighted by Crippen LogP contribution is 2.26. The van der Waals surface area contributed by atoms with Crippen LogP contribution in [0.5, 0.6) is 0 Å². The van der Waals surface area contributed by atoms with E-state index in [4.69, 9.17) is 0 Å². The summed E-state index contributed by atoms with van der Waals surface area (Å²) in [6.07, 6.45) is 3.05. The first-order valence-electron chi connectivity index (χ1n) is 5.65. The minimum absolute atomic E-state index is 0.0266. The Labute approximate surface area is 123 Å². The van der Waals surface area contributed by atoms with E-state index in [1.54, 1.807) is 25.1 Å². The number of nitrogens with one attached hydrogen (secondary N) is 1. The van der Waals surface area contributed by atoms with Gasteiger partial charge in [0.05, 0.1) is 15.1 Å². The number of nitro benzene ring substituents is 1.